The van der Waals surface area contributed by atoms with Gasteiger partial charge in [-0.3, -0.25) is 0 Å². The molecule has 1 N–H and O–H groups in total. The summed E-state index contributed by atoms with van der Waals surface area (Å²) >= 11 is 1.22. The molecule has 0 spiro atoms. The zero-order valence-electron chi connectivity index (χ0n) is 11.4. The van der Waals surface area contributed by atoms with E-state index in [0.717, 1.165) is 5.13 Å². The molecule has 18 heavy (non-hydrogen) atoms. The first-order valence-corrected chi connectivity index (χ1v) is 6.65. The SMILES string of the molecule is COCC(C)N(C)c1nc(C(C)C)c(C(=O)O)s1. The molecular weight excluding hydrogens is 252 g/mol. The summed E-state index contributed by atoms with van der Waals surface area (Å²) in [5.74, 6) is -0.803. The van der Waals surface area contributed by atoms with Crippen molar-refractivity contribution in [2.75, 3.05) is 25.7 Å². The lowest BCUT2D eigenvalue weighted by molar-refractivity contribution is 0.0700. The van der Waals surface area contributed by atoms with Gasteiger partial charge in [-0.1, -0.05) is 25.2 Å². The molecule has 0 aliphatic heterocycles. The summed E-state index contributed by atoms with van der Waals surface area (Å²) in [7, 11) is 3.55. The minimum absolute atomic E-state index is 0.104. The van der Waals surface area contributed by atoms with Crippen LogP contribution >= 0.6 is 11.3 Å². The minimum Gasteiger partial charge on any atom is -0.477 e. The number of thiazole rings is 1. The Labute approximate surface area is 111 Å². The van der Waals surface area contributed by atoms with E-state index >= 15 is 0 Å². The summed E-state index contributed by atoms with van der Waals surface area (Å²) in [6.45, 7) is 6.49. The number of aromatic nitrogens is 1. The molecule has 5 nitrogen and oxygen atoms in total. The van der Waals surface area contributed by atoms with Crippen LogP contribution in [-0.4, -0.2) is 42.9 Å². The summed E-state index contributed by atoms with van der Waals surface area (Å²) in [5, 5.41) is 9.90. The van der Waals surface area contributed by atoms with Crippen LogP contribution in [0.3, 0.4) is 0 Å². The Morgan fingerprint density at radius 2 is 2.11 bits per heavy atom. The second kappa shape index (κ2) is 6.15. The average Bonchev–Trinajstić information content (AvgIpc) is 2.73. The van der Waals surface area contributed by atoms with Gasteiger partial charge >= 0.3 is 5.97 Å². The molecule has 6 heteroatoms. The molecule has 1 atom stereocenters. The fourth-order valence-corrected chi connectivity index (χ4v) is 2.68. The van der Waals surface area contributed by atoms with Gasteiger partial charge in [0.05, 0.1) is 18.3 Å². The van der Waals surface area contributed by atoms with Gasteiger partial charge in [-0.2, -0.15) is 0 Å². The van der Waals surface area contributed by atoms with E-state index in [1.165, 1.54) is 11.3 Å². The standard InChI is InChI=1S/C12H20N2O3S/c1-7(2)9-10(11(15)16)18-12(13-9)14(4)8(3)6-17-5/h7-8H,6H2,1-5H3,(H,15,16). The zero-order valence-corrected chi connectivity index (χ0v) is 12.2. The van der Waals surface area contributed by atoms with Gasteiger partial charge < -0.3 is 14.7 Å². The van der Waals surface area contributed by atoms with Crippen molar-refractivity contribution in [2.45, 2.75) is 32.7 Å². The normalized spacial score (nSPS) is 12.8. The lowest BCUT2D eigenvalue weighted by Crippen LogP contribution is -2.32. The van der Waals surface area contributed by atoms with Crippen LogP contribution in [0.15, 0.2) is 0 Å². The third-order valence-corrected chi connectivity index (χ3v) is 3.90. The van der Waals surface area contributed by atoms with Gasteiger partial charge in [-0.25, -0.2) is 9.78 Å². The number of likely N-dealkylation sites (N-methyl/N-ethyl adjacent to an activating group) is 1. The number of hydrogen-bond donors (Lipinski definition) is 1. The van der Waals surface area contributed by atoms with Crippen molar-refractivity contribution < 1.29 is 14.6 Å². The van der Waals surface area contributed by atoms with E-state index in [1.807, 2.05) is 32.7 Å². The number of carboxylic acid groups (broad SMARTS) is 1. The first kappa shape index (κ1) is 14.9. The van der Waals surface area contributed by atoms with Gasteiger partial charge in [0.2, 0.25) is 0 Å². The quantitative estimate of drug-likeness (QED) is 0.861. The molecule has 1 heterocycles. The minimum atomic E-state index is -0.907. The van der Waals surface area contributed by atoms with Crippen LogP contribution < -0.4 is 4.90 Å². The maximum absolute atomic E-state index is 11.2. The van der Waals surface area contributed by atoms with E-state index in [1.54, 1.807) is 7.11 Å². The van der Waals surface area contributed by atoms with Crippen molar-refractivity contribution in [3.63, 3.8) is 0 Å². The topological polar surface area (TPSA) is 62.7 Å². The molecule has 0 aliphatic rings. The molecule has 102 valence electrons. The van der Waals surface area contributed by atoms with Crippen LogP contribution in [0.25, 0.3) is 0 Å². The van der Waals surface area contributed by atoms with Gasteiger partial charge in [-0.05, 0) is 12.8 Å². The highest BCUT2D eigenvalue weighted by Crippen LogP contribution is 2.31. The molecular formula is C12H20N2O3S. The number of ether oxygens (including phenoxy) is 1. The summed E-state index contributed by atoms with van der Waals surface area (Å²) in [6, 6.07) is 0.155. The number of carboxylic acids is 1. The molecule has 0 saturated heterocycles. The summed E-state index contributed by atoms with van der Waals surface area (Å²) in [5.41, 5.74) is 0.652. The third-order valence-electron chi connectivity index (χ3n) is 2.75. The Morgan fingerprint density at radius 1 is 1.50 bits per heavy atom. The van der Waals surface area contributed by atoms with Crippen LogP contribution in [0.1, 0.15) is 42.1 Å². The van der Waals surface area contributed by atoms with Crippen molar-refractivity contribution in [2.24, 2.45) is 0 Å². The predicted octanol–water partition coefficient (Wildman–Crippen LogP) is 2.44. The molecule has 0 radical (unpaired) electrons. The first-order valence-electron chi connectivity index (χ1n) is 5.84. The zero-order chi connectivity index (χ0) is 13.9. The van der Waals surface area contributed by atoms with Crippen LogP contribution in [0, 0.1) is 0 Å². The van der Waals surface area contributed by atoms with Gasteiger partial charge in [-0.15, -0.1) is 0 Å². The summed E-state index contributed by atoms with van der Waals surface area (Å²) in [4.78, 5) is 17.9. The maximum Gasteiger partial charge on any atom is 0.347 e. The van der Waals surface area contributed by atoms with Crippen molar-refractivity contribution in [1.82, 2.24) is 4.98 Å². The van der Waals surface area contributed by atoms with Crippen LogP contribution in [-0.2, 0) is 4.74 Å². The molecule has 0 aliphatic carbocycles. The number of rotatable bonds is 6. The second-order valence-electron chi connectivity index (χ2n) is 4.59. The number of hydrogen-bond acceptors (Lipinski definition) is 5. The van der Waals surface area contributed by atoms with Crippen LogP contribution in [0.2, 0.25) is 0 Å². The molecule has 0 saturated carbocycles. The molecule has 1 aromatic heterocycles. The molecule has 0 fully saturated rings. The highest BCUT2D eigenvalue weighted by Gasteiger charge is 2.22. The van der Waals surface area contributed by atoms with E-state index in [-0.39, 0.29) is 12.0 Å². The van der Waals surface area contributed by atoms with Crippen molar-refractivity contribution >= 4 is 22.4 Å². The molecule has 0 bridgehead atoms. The number of nitrogens with zero attached hydrogens (tertiary/aromatic N) is 2. The van der Waals surface area contributed by atoms with Gasteiger partial charge in [0.25, 0.3) is 0 Å². The van der Waals surface area contributed by atoms with E-state index in [4.69, 9.17) is 4.74 Å². The number of aromatic carboxylic acids is 1. The number of carbonyl (C=O) groups is 1. The molecule has 0 amide bonds. The highest BCUT2D eigenvalue weighted by atomic mass is 32.1. The molecule has 1 rings (SSSR count). The summed E-state index contributed by atoms with van der Waals surface area (Å²) in [6.07, 6.45) is 0. The van der Waals surface area contributed by atoms with Gasteiger partial charge in [0.15, 0.2) is 5.13 Å². The molecule has 0 aromatic carbocycles. The van der Waals surface area contributed by atoms with E-state index < -0.39 is 5.97 Å². The smallest absolute Gasteiger partial charge is 0.347 e. The average molecular weight is 272 g/mol. The predicted molar refractivity (Wildman–Crippen MR) is 72.9 cm³/mol. The third kappa shape index (κ3) is 3.20. The Balaban J connectivity index is 3.04. The first-order chi connectivity index (χ1) is 8.38. The Morgan fingerprint density at radius 3 is 2.50 bits per heavy atom. The Kier molecular flexibility index (Phi) is 5.10. The van der Waals surface area contributed by atoms with Crippen molar-refractivity contribution in [3.05, 3.63) is 10.6 Å². The Bertz CT molecular complexity index is 417. The van der Waals surface area contributed by atoms with E-state index in [9.17, 15) is 9.90 Å². The van der Waals surface area contributed by atoms with Crippen molar-refractivity contribution in [3.8, 4) is 0 Å². The second-order valence-corrected chi connectivity index (χ2v) is 5.56. The lowest BCUT2D eigenvalue weighted by Gasteiger charge is -2.23. The summed E-state index contributed by atoms with van der Waals surface area (Å²) < 4.78 is 5.10. The monoisotopic (exact) mass is 272 g/mol. The highest BCUT2D eigenvalue weighted by molar-refractivity contribution is 7.17. The largest absolute Gasteiger partial charge is 0.477 e. The van der Waals surface area contributed by atoms with E-state index in [0.29, 0.717) is 17.2 Å². The van der Waals surface area contributed by atoms with Crippen LogP contribution in [0.4, 0.5) is 5.13 Å². The fraction of sp³-hybridized carbons (Fsp3) is 0.667. The molecule has 1 aromatic rings. The van der Waals surface area contributed by atoms with Gasteiger partial charge in [0, 0.05) is 14.2 Å². The lowest BCUT2D eigenvalue weighted by atomic mass is 10.1. The number of anilines is 1. The van der Waals surface area contributed by atoms with Crippen LogP contribution in [0.5, 0.6) is 0 Å². The molecule has 1 unspecified atom stereocenters. The maximum atomic E-state index is 11.2. The fourth-order valence-electron chi connectivity index (χ4n) is 1.56. The Hall–Kier alpha value is -1.14. The van der Waals surface area contributed by atoms with Gasteiger partial charge in [0.1, 0.15) is 4.88 Å². The van der Waals surface area contributed by atoms with Crippen molar-refractivity contribution in [1.29, 1.82) is 0 Å². The number of methoxy groups -OCH3 is 1. The van der Waals surface area contributed by atoms with E-state index in [2.05, 4.69) is 4.98 Å².